The summed E-state index contributed by atoms with van der Waals surface area (Å²) >= 11 is 0. The predicted molar refractivity (Wildman–Crippen MR) is 70.7 cm³/mol. The number of nitrogens with one attached hydrogen (secondary N) is 1. The fourth-order valence-electron chi connectivity index (χ4n) is 1.27. The van der Waals surface area contributed by atoms with E-state index in [1.54, 1.807) is 6.01 Å². The van der Waals surface area contributed by atoms with Crippen molar-refractivity contribution in [2.45, 2.75) is 39.5 Å². The summed E-state index contributed by atoms with van der Waals surface area (Å²) in [6, 6.07) is 10.8. The van der Waals surface area contributed by atoms with Gasteiger partial charge in [0.1, 0.15) is 0 Å². The SMILES string of the molecule is CC(C)c1ccc(C(C)C)cc1.CN=C=N. The topological polar surface area (TPSA) is 36.2 Å². The van der Waals surface area contributed by atoms with Crippen LogP contribution in [-0.2, 0) is 0 Å². The molecule has 16 heavy (non-hydrogen) atoms. The van der Waals surface area contributed by atoms with Crippen LogP contribution in [0.25, 0.3) is 0 Å². The highest BCUT2D eigenvalue weighted by Gasteiger charge is 2.00. The second kappa shape index (κ2) is 7.84. The molecule has 0 aliphatic rings. The predicted octanol–water partition coefficient (Wildman–Crippen LogP) is 4.30. The lowest BCUT2D eigenvalue weighted by atomic mass is 9.97. The van der Waals surface area contributed by atoms with Crippen LogP contribution in [0, 0.1) is 5.41 Å². The fraction of sp³-hybridized carbons (Fsp3) is 0.500. The highest BCUT2D eigenvalue weighted by Crippen LogP contribution is 2.18. The Hall–Kier alpha value is -1.40. The molecule has 1 aromatic rings. The van der Waals surface area contributed by atoms with Crippen LogP contribution in [0.5, 0.6) is 0 Å². The van der Waals surface area contributed by atoms with Gasteiger partial charge < -0.3 is 0 Å². The third-order valence-corrected chi connectivity index (χ3v) is 2.38. The summed E-state index contributed by atoms with van der Waals surface area (Å²) in [5.74, 6) is 1.29. The number of benzene rings is 1. The van der Waals surface area contributed by atoms with Crippen molar-refractivity contribution in [3.05, 3.63) is 35.4 Å². The lowest BCUT2D eigenvalue weighted by Crippen LogP contribution is -1.90. The molecule has 1 rings (SSSR count). The normalized spacial score (nSPS) is 9.44. The molecule has 0 atom stereocenters. The van der Waals surface area contributed by atoms with Crippen LogP contribution >= 0.6 is 0 Å². The molecule has 0 spiro atoms. The second-order valence-electron chi connectivity index (χ2n) is 4.31. The van der Waals surface area contributed by atoms with Gasteiger partial charge in [0.15, 0.2) is 0 Å². The van der Waals surface area contributed by atoms with Gasteiger partial charge in [-0.2, -0.15) is 0 Å². The van der Waals surface area contributed by atoms with Gasteiger partial charge in [0.2, 0.25) is 0 Å². The maximum absolute atomic E-state index is 6.03. The Morgan fingerprint density at radius 2 is 1.19 bits per heavy atom. The van der Waals surface area contributed by atoms with Gasteiger partial charge in [-0.15, -0.1) is 0 Å². The Balaban J connectivity index is 0.000000487. The van der Waals surface area contributed by atoms with E-state index >= 15 is 0 Å². The van der Waals surface area contributed by atoms with Crippen LogP contribution in [0.15, 0.2) is 29.3 Å². The zero-order valence-corrected chi connectivity index (χ0v) is 10.9. The first kappa shape index (κ1) is 14.6. The van der Waals surface area contributed by atoms with E-state index in [4.69, 9.17) is 5.41 Å². The number of nitrogens with zero attached hydrogens (tertiary/aromatic N) is 1. The van der Waals surface area contributed by atoms with E-state index in [-0.39, 0.29) is 0 Å². The fourth-order valence-corrected chi connectivity index (χ4v) is 1.27. The number of aliphatic imine (C=N–C) groups is 1. The zero-order valence-electron chi connectivity index (χ0n) is 10.9. The summed E-state index contributed by atoms with van der Waals surface area (Å²) in [5.41, 5.74) is 2.86. The van der Waals surface area contributed by atoms with Crippen molar-refractivity contribution in [2.24, 2.45) is 4.99 Å². The Morgan fingerprint density at radius 1 is 0.938 bits per heavy atom. The van der Waals surface area contributed by atoms with Crippen molar-refractivity contribution < 1.29 is 0 Å². The van der Waals surface area contributed by atoms with Gasteiger partial charge in [0.25, 0.3) is 0 Å². The van der Waals surface area contributed by atoms with Crippen LogP contribution in [0.4, 0.5) is 0 Å². The molecule has 0 amide bonds. The van der Waals surface area contributed by atoms with Crippen molar-refractivity contribution in [1.29, 1.82) is 5.41 Å². The maximum Gasteiger partial charge on any atom is 0.0859 e. The van der Waals surface area contributed by atoms with Gasteiger partial charge in [-0.05, 0) is 23.0 Å². The molecule has 0 saturated carbocycles. The monoisotopic (exact) mass is 218 g/mol. The lowest BCUT2D eigenvalue weighted by Gasteiger charge is -2.08. The molecule has 0 saturated heterocycles. The summed E-state index contributed by atoms with van der Waals surface area (Å²) in [6.45, 7) is 8.91. The van der Waals surface area contributed by atoms with E-state index in [2.05, 4.69) is 57.0 Å². The Morgan fingerprint density at radius 3 is 1.31 bits per heavy atom. The van der Waals surface area contributed by atoms with Crippen molar-refractivity contribution in [1.82, 2.24) is 0 Å². The van der Waals surface area contributed by atoms with E-state index in [9.17, 15) is 0 Å². The summed E-state index contributed by atoms with van der Waals surface area (Å²) < 4.78 is 0. The van der Waals surface area contributed by atoms with E-state index in [1.807, 2.05) is 0 Å². The average Bonchev–Trinajstić information content (AvgIpc) is 2.29. The average molecular weight is 218 g/mol. The van der Waals surface area contributed by atoms with Gasteiger partial charge in [0, 0.05) is 7.05 Å². The van der Waals surface area contributed by atoms with Crippen molar-refractivity contribution in [2.75, 3.05) is 7.05 Å². The number of rotatable bonds is 2. The molecule has 0 bridgehead atoms. The maximum atomic E-state index is 6.03. The van der Waals surface area contributed by atoms with Crippen molar-refractivity contribution in [3.63, 3.8) is 0 Å². The minimum atomic E-state index is 0.645. The van der Waals surface area contributed by atoms with Crippen molar-refractivity contribution in [3.8, 4) is 0 Å². The minimum absolute atomic E-state index is 0.645. The molecule has 2 nitrogen and oxygen atoms in total. The van der Waals surface area contributed by atoms with E-state index in [1.165, 1.54) is 18.2 Å². The molecule has 0 unspecified atom stereocenters. The van der Waals surface area contributed by atoms with Crippen LogP contribution in [0.1, 0.15) is 50.7 Å². The molecular weight excluding hydrogens is 196 g/mol. The van der Waals surface area contributed by atoms with Gasteiger partial charge >= 0.3 is 0 Å². The lowest BCUT2D eigenvalue weighted by molar-refractivity contribution is 0.845. The molecule has 1 N–H and O–H groups in total. The molecule has 2 heteroatoms. The van der Waals surface area contributed by atoms with E-state index in [0.717, 1.165) is 0 Å². The Kier molecular flexibility index (Phi) is 7.15. The smallest absolute Gasteiger partial charge is 0.0859 e. The van der Waals surface area contributed by atoms with Gasteiger partial charge in [-0.3, -0.25) is 0 Å². The van der Waals surface area contributed by atoms with Gasteiger partial charge in [-0.25, -0.2) is 10.4 Å². The van der Waals surface area contributed by atoms with Crippen molar-refractivity contribution >= 4 is 6.01 Å². The highest BCUT2D eigenvalue weighted by atomic mass is 14.7. The number of hydrogen-bond acceptors (Lipinski definition) is 2. The molecule has 1 aromatic carbocycles. The first-order valence-electron chi connectivity index (χ1n) is 5.63. The molecule has 0 heterocycles. The molecule has 0 aliphatic heterocycles. The highest BCUT2D eigenvalue weighted by molar-refractivity contribution is 5.34. The second-order valence-corrected chi connectivity index (χ2v) is 4.31. The van der Waals surface area contributed by atoms with Crippen LogP contribution in [-0.4, -0.2) is 13.1 Å². The Bertz CT molecular complexity index is 303. The first-order valence-corrected chi connectivity index (χ1v) is 5.63. The third kappa shape index (κ3) is 5.47. The zero-order chi connectivity index (χ0) is 12.6. The molecule has 0 radical (unpaired) electrons. The summed E-state index contributed by atoms with van der Waals surface area (Å²) in [4.78, 5) is 3.15. The molecular formula is C14H22N2. The van der Waals surface area contributed by atoms with E-state index < -0.39 is 0 Å². The van der Waals surface area contributed by atoms with Crippen LogP contribution in [0.3, 0.4) is 0 Å². The quantitative estimate of drug-likeness (QED) is 0.718. The van der Waals surface area contributed by atoms with Gasteiger partial charge in [-0.1, -0.05) is 52.0 Å². The largest absolute Gasteiger partial charge is 0.242 e. The summed E-state index contributed by atoms with van der Waals surface area (Å²) in [5, 5.41) is 6.03. The van der Waals surface area contributed by atoms with Crippen LogP contribution in [0.2, 0.25) is 0 Å². The molecule has 0 fully saturated rings. The first-order chi connectivity index (χ1) is 7.52. The number of hydrogen-bond donors (Lipinski definition) is 1. The molecule has 0 aromatic heterocycles. The van der Waals surface area contributed by atoms with Gasteiger partial charge in [0.05, 0.1) is 6.01 Å². The molecule has 0 aliphatic carbocycles. The summed E-state index contributed by atoms with van der Waals surface area (Å²) in [7, 11) is 1.51. The standard InChI is InChI=1S/C12H18.C2H4N2/c1-9(2)11-5-7-12(8-6-11)10(3)4;1-4-2-3/h5-10H,1-4H3;3H,1H3. The third-order valence-electron chi connectivity index (χ3n) is 2.38. The Labute approximate surface area is 98.9 Å². The van der Waals surface area contributed by atoms with Crippen LogP contribution < -0.4 is 0 Å². The summed E-state index contributed by atoms with van der Waals surface area (Å²) in [6.07, 6.45) is 0. The minimum Gasteiger partial charge on any atom is -0.242 e. The molecule has 88 valence electrons. The van der Waals surface area contributed by atoms with E-state index in [0.29, 0.717) is 11.8 Å².